The molecule has 2 heterocycles. The van der Waals surface area contributed by atoms with Crippen molar-refractivity contribution in [3.05, 3.63) is 67.0 Å². The highest BCUT2D eigenvalue weighted by atomic mass is 32.2. The fraction of sp³-hybridized carbons (Fsp3) is 0. The molecule has 3 nitrogen and oxygen atoms in total. The van der Waals surface area contributed by atoms with Crippen molar-refractivity contribution in [2.45, 2.75) is 10.1 Å². The molecule has 0 amide bonds. The van der Waals surface area contributed by atoms with E-state index in [0.29, 0.717) is 0 Å². The number of pyridine rings is 1. The second-order valence-electron chi connectivity index (χ2n) is 4.64. The Labute approximate surface area is 126 Å². The molecule has 0 bridgehead atoms. The molecule has 0 atom stereocenters. The average molecular weight is 289 g/mol. The summed E-state index contributed by atoms with van der Waals surface area (Å²) in [5, 5.41) is 4.08. The van der Waals surface area contributed by atoms with Crippen LogP contribution in [0.25, 0.3) is 21.8 Å². The summed E-state index contributed by atoms with van der Waals surface area (Å²) in [6.45, 7) is 0. The van der Waals surface area contributed by atoms with Crippen molar-refractivity contribution in [1.29, 1.82) is 0 Å². The molecule has 0 unspecified atom stereocenters. The van der Waals surface area contributed by atoms with Crippen LogP contribution in [0.3, 0.4) is 0 Å². The first-order chi connectivity index (χ1) is 10.4. The predicted molar refractivity (Wildman–Crippen MR) is 85.4 cm³/mol. The van der Waals surface area contributed by atoms with Crippen molar-refractivity contribution in [3.63, 3.8) is 0 Å². The largest absolute Gasteiger partial charge is 0.241 e. The van der Waals surface area contributed by atoms with Crippen LogP contribution in [0.4, 0.5) is 0 Å². The normalized spacial score (nSPS) is 11.0. The third kappa shape index (κ3) is 2.34. The highest BCUT2D eigenvalue weighted by Gasteiger charge is 2.06. The minimum absolute atomic E-state index is 0.934. The highest BCUT2D eigenvalue weighted by molar-refractivity contribution is 7.99. The van der Waals surface area contributed by atoms with Crippen LogP contribution in [-0.4, -0.2) is 15.0 Å². The molecule has 4 rings (SSSR count). The lowest BCUT2D eigenvalue weighted by Gasteiger charge is -2.05. The summed E-state index contributed by atoms with van der Waals surface area (Å²) < 4.78 is 0. The van der Waals surface area contributed by atoms with Crippen LogP contribution in [0.15, 0.2) is 77.0 Å². The maximum atomic E-state index is 4.68. The summed E-state index contributed by atoms with van der Waals surface area (Å²) in [7, 11) is 0. The van der Waals surface area contributed by atoms with Gasteiger partial charge in [-0.25, -0.2) is 15.0 Å². The first-order valence-corrected chi connectivity index (χ1v) is 7.45. The van der Waals surface area contributed by atoms with Crippen LogP contribution in [0.5, 0.6) is 0 Å². The van der Waals surface area contributed by atoms with E-state index in [2.05, 4.69) is 27.1 Å². The zero-order valence-electron chi connectivity index (χ0n) is 11.1. The monoisotopic (exact) mass is 289 g/mol. The lowest BCUT2D eigenvalue weighted by atomic mass is 10.2. The summed E-state index contributed by atoms with van der Waals surface area (Å²) in [4.78, 5) is 13.4. The van der Waals surface area contributed by atoms with Crippen LogP contribution in [0, 0.1) is 0 Å². The second-order valence-corrected chi connectivity index (χ2v) is 5.65. The van der Waals surface area contributed by atoms with E-state index in [0.717, 1.165) is 31.9 Å². The number of nitrogens with zero attached hydrogens (tertiary/aromatic N) is 3. The number of benzene rings is 2. The van der Waals surface area contributed by atoms with E-state index in [-0.39, 0.29) is 0 Å². The summed E-state index contributed by atoms with van der Waals surface area (Å²) in [6.07, 6.45) is 1.60. The molecule has 0 radical (unpaired) electrons. The Hall–Kier alpha value is -2.46. The van der Waals surface area contributed by atoms with Crippen LogP contribution < -0.4 is 0 Å². The quantitative estimate of drug-likeness (QED) is 0.515. The Kier molecular flexibility index (Phi) is 3.01. The first-order valence-electron chi connectivity index (χ1n) is 6.63. The molecule has 0 N–H and O–H groups in total. The molecule has 2 aromatic heterocycles. The van der Waals surface area contributed by atoms with E-state index in [4.69, 9.17) is 0 Å². The van der Waals surface area contributed by atoms with Crippen LogP contribution in [0.1, 0.15) is 0 Å². The molecule has 0 aliphatic rings. The van der Waals surface area contributed by atoms with Gasteiger partial charge in [0, 0.05) is 10.8 Å². The molecule has 0 fully saturated rings. The van der Waals surface area contributed by atoms with Gasteiger partial charge in [0.25, 0.3) is 0 Å². The van der Waals surface area contributed by atoms with E-state index in [1.165, 1.54) is 0 Å². The SMILES string of the molecule is c1ccc2nc(Sc3ncnc4ccccc34)ccc2c1. The van der Waals surface area contributed by atoms with Gasteiger partial charge in [0.15, 0.2) is 0 Å². The number of para-hydroxylation sites is 2. The Bertz CT molecular complexity index is 932. The first kappa shape index (κ1) is 12.3. The Balaban J connectivity index is 1.79. The van der Waals surface area contributed by atoms with Gasteiger partial charge in [-0.3, -0.25) is 0 Å². The fourth-order valence-corrected chi connectivity index (χ4v) is 3.13. The van der Waals surface area contributed by atoms with Crippen molar-refractivity contribution >= 4 is 33.6 Å². The van der Waals surface area contributed by atoms with Gasteiger partial charge < -0.3 is 0 Å². The smallest absolute Gasteiger partial charge is 0.117 e. The van der Waals surface area contributed by atoms with E-state index < -0.39 is 0 Å². The van der Waals surface area contributed by atoms with Crippen LogP contribution >= 0.6 is 11.8 Å². The minimum atomic E-state index is 0.934. The topological polar surface area (TPSA) is 38.7 Å². The number of hydrogen-bond donors (Lipinski definition) is 0. The van der Waals surface area contributed by atoms with Gasteiger partial charge in [-0.15, -0.1) is 0 Å². The van der Waals surface area contributed by atoms with Gasteiger partial charge in [-0.05, 0) is 30.0 Å². The van der Waals surface area contributed by atoms with Crippen molar-refractivity contribution in [1.82, 2.24) is 15.0 Å². The van der Waals surface area contributed by atoms with Gasteiger partial charge in [-0.1, -0.05) is 42.5 Å². The highest BCUT2D eigenvalue weighted by Crippen LogP contribution is 2.30. The summed E-state index contributed by atoms with van der Waals surface area (Å²) in [6, 6.07) is 20.3. The molecule has 0 spiro atoms. The zero-order chi connectivity index (χ0) is 14.1. The predicted octanol–water partition coefficient (Wildman–Crippen LogP) is 4.33. The third-order valence-electron chi connectivity index (χ3n) is 3.28. The molecule has 100 valence electrons. The van der Waals surface area contributed by atoms with Crippen LogP contribution in [0.2, 0.25) is 0 Å². The molecule has 4 aromatic rings. The standard InChI is InChI=1S/C17H11N3S/c1-3-7-14-12(5-1)9-10-16(20-14)21-17-13-6-2-4-8-15(13)18-11-19-17/h1-11H. The molecular formula is C17H11N3S. The maximum absolute atomic E-state index is 4.68. The fourth-order valence-electron chi connectivity index (χ4n) is 2.26. The van der Waals surface area contributed by atoms with Crippen molar-refractivity contribution in [2.24, 2.45) is 0 Å². The van der Waals surface area contributed by atoms with E-state index in [9.17, 15) is 0 Å². The Morgan fingerprint density at radius 1 is 0.714 bits per heavy atom. The molecule has 2 aromatic carbocycles. The van der Waals surface area contributed by atoms with Gasteiger partial charge in [-0.2, -0.15) is 0 Å². The second kappa shape index (κ2) is 5.14. The van der Waals surface area contributed by atoms with E-state index in [1.807, 2.05) is 48.5 Å². The summed E-state index contributed by atoms with van der Waals surface area (Å²) in [5.74, 6) is 0. The van der Waals surface area contributed by atoms with Crippen molar-refractivity contribution < 1.29 is 0 Å². The molecular weight excluding hydrogens is 278 g/mol. The molecule has 0 aliphatic carbocycles. The molecule has 0 saturated carbocycles. The average Bonchev–Trinajstić information content (AvgIpc) is 2.55. The zero-order valence-corrected chi connectivity index (χ0v) is 11.9. The molecule has 4 heteroatoms. The number of fused-ring (bicyclic) bond motifs is 2. The third-order valence-corrected chi connectivity index (χ3v) is 4.24. The maximum Gasteiger partial charge on any atom is 0.117 e. The molecule has 21 heavy (non-hydrogen) atoms. The van der Waals surface area contributed by atoms with Crippen molar-refractivity contribution in [2.75, 3.05) is 0 Å². The van der Waals surface area contributed by atoms with Gasteiger partial charge in [0.2, 0.25) is 0 Å². The number of aromatic nitrogens is 3. The lowest BCUT2D eigenvalue weighted by molar-refractivity contribution is 1.09. The summed E-state index contributed by atoms with van der Waals surface area (Å²) >= 11 is 1.57. The van der Waals surface area contributed by atoms with Crippen LogP contribution in [-0.2, 0) is 0 Å². The van der Waals surface area contributed by atoms with Crippen molar-refractivity contribution in [3.8, 4) is 0 Å². The number of hydrogen-bond acceptors (Lipinski definition) is 4. The Morgan fingerprint density at radius 3 is 2.48 bits per heavy atom. The summed E-state index contributed by atoms with van der Waals surface area (Å²) in [5.41, 5.74) is 1.96. The minimum Gasteiger partial charge on any atom is -0.241 e. The molecule has 0 saturated heterocycles. The van der Waals surface area contributed by atoms with Gasteiger partial charge in [0.05, 0.1) is 11.0 Å². The Morgan fingerprint density at radius 2 is 1.52 bits per heavy atom. The number of rotatable bonds is 2. The lowest BCUT2D eigenvalue weighted by Crippen LogP contribution is -1.88. The molecule has 0 aliphatic heterocycles. The van der Waals surface area contributed by atoms with E-state index in [1.54, 1.807) is 18.1 Å². The van der Waals surface area contributed by atoms with E-state index >= 15 is 0 Å². The van der Waals surface area contributed by atoms with Gasteiger partial charge >= 0.3 is 0 Å². The van der Waals surface area contributed by atoms with Gasteiger partial charge in [0.1, 0.15) is 16.4 Å².